The highest BCUT2D eigenvalue weighted by atomic mass is 32.2. The van der Waals surface area contributed by atoms with Crippen LogP contribution in [-0.4, -0.2) is 72.5 Å². The molecule has 0 saturated heterocycles. The highest BCUT2D eigenvalue weighted by Crippen LogP contribution is 2.28. The average Bonchev–Trinajstić information content (AvgIpc) is 3.18. The van der Waals surface area contributed by atoms with Gasteiger partial charge in [-0.05, 0) is 30.7 Å². The lowest BCUT2D eigenvalue weighted by molar-refractivity contribution is -0.159. The highest BCUT2D eigenvalue weighted by molar-refractivity contribution is 7.99. The van der Waals surface area contributed by atoms with Gasteiger partial charge in [0.2, 0.25) is 0 Å². The van der Waals surface area contributed by atoms with Crippen molar-refractivity contribution in [2.75, 3.05) is 25.4 Å². The molecule has 0 unspecified atom stereocenters. The zero-order valence-corrected chi connectivity index (χ0v) is 17.6. The molecule has 0 aliphatic heterocycles. The third kappa shape index (κ3) is 7.17. The van der Waals surface area contributed by atoms with Crippen LogP contribution in [0.2, 0.25) is 0 Å². The third-order valence-electron chi connectivity index (χ3n) is 3.89. The van der Waals surface area contributed by atoms with Crippen molar-refractivity contribution in [2.24, 2.45) is 0 Å². The molecule has 3 aromatic rings. The van der Waals surface area contributed by atoms with E-state index in [-0.39, 0.29) is 6.61 Å². The van der Waals surface area contributed by atoms with Crippen LogP contribution in [0.1, 0.15) is 5.56 Å². The molecule has 0 bridgehead atoms. The summed E-state index contributed by atoms with van der Waals surface area (Å²) in [5.41, 5.74) is 3.16. The van der Waals surface area contributed by atoms with Crippen molar-refractivity contribution in [3.63, 3.8) is 0 Å². The van der Waals surface area contributed by atoms with Crippen LogP contribution in [0.3, 0.4) is 0 Å². The van der Waals surface area contributed by atoms with Gasteiger partial charge in [-0.15, -0.1) is 10.2 Å². The number of nitrogens with zero attached hydrogens (tertiary/aromatic N) is 4. The van der Waals surface area contributed by atoms with E-state index in [1.807, 2.05) is 24.3 Å². The molecular weight excluding hydrogens is 422 g/mol. The number of hydrogen-bond donors (Lipinski definition) is 4. The number of aryl methyl sites for hydroxylation is 1. The Morgan fingerprint density at radius 3 is 2.42 bits per heavy atom. The molecule has 2 aromatic heterocycles. The fraction of sp³-hybridized carbons (Fsp3) is 0.250. The van der Waals surface area contributed by atoms with Gasteiger partial charge in [-0.25, -0.2) is 9.59 Å². The molecule has 0 aliphatic rings. The Hall–Kier alpha value is -3.28. The second kappa shape index (κ2) is 12.4. The lowest BCUT2D eigenvalue weighted by Crippen LogP contribution is -2.20. The summed E-state index contributed by atoms with van der Waals surface area (Å²) in [4.78, 5) is 22.4. The maximum absolute atomic E-state index is 9.10. The first-order chi connectivity index (χ1) is 15.0. The standard InChI is InChI=1S/C18H21N5OS.C2H2O4/c1-14-5-2-3-7-16(14)23-17(15-6-4-8-20-13-15)21-22-18(23)25-12-10-19-9-11-24;3-1(4)2(5)6/h2-8,13,19,24H,9-12H2,1H3;(H,3,4)(H,5,6). The normalized spacial score (nSPS) is 10.3. The number of aromatic nitrogens is 4. The van der Waals surface area contributed by atoms with Crippen molar-refractivity contribution >= 4 is 23.7 Å². The van der Waals surface area contributed by atoms with Crippen LogP contribution >= 0.6 is 11.8 Å². The summed E-state index contributed by atoms with van der Waals surface area (Å²) in [6.07, 6.45) is 3.55. The van der Waals surface area contributed by atoms with Crippen LogP contribution in [0.5, 0.6) is 0 Å². The van der Waals surface area contributed by atoms with Crippen LogP contribution in [0.25, 0.3) is 17.1 Å². The SMILES string of the molecule is Cc1ccccc1-n1c(SCCNCCO)nnc1-c1cccnc1.O=C(O)C(=O)O. The fourth-order valence-corrected chi connectivity index (χ4v) is 3.34. The van der Waals surface area contributed by atoms with Gasteiger partial charge in [-0.1, -0.05) is 30.0 Å². The number of aliphatic hydroxyl groups excluding tert-OH is 1. The second-order valence-electron chi connectivity index (χ2n) is 6.10. The summed E-state index contributed by atoms with van der Waals surface area (Å²) in [5, 5.41) is 36.4. The number of hydrogen-bond acceptors (Lipinski definition) is 8. The molecule has 31 heavy (non-hydrogen) atoms. The van der Waals surface area contributed by atoms with Crippen LogP contribution in [0, 0.1) is 6.92 Å². The van der Waals surface area contributed by atoms with Gasteiger partial charge in [0.05, 0.1) is 12.3 Å². The predicted octanol–water partition coefficient (Wildman–Crippen LogP) is 1.47. The van der Waals surface area contributed by atoms with E-state index < -0.39 is 11.9 Å². The monoisotopic (exact) mass is 445 g/mol. The minimum Gasteiger partial charge on any atom is -0.473 e. The van der Waals surface area contributed by atoms with Crippen molar-refractivity contribution < 1.29 is 24.9 Å². The number of pyridine rings is 1. The summed E-state index contributed by atoms with van der Waals surface area (Å²) in [5.74, 6) is -2.02. The highest BCUT2D eigenvalue weighted by Gasteiger charge is 2.17. The fourth-order valence-electron chi connectivity index (χ4n) is 2.50. The summed E-state index contributed by atoms with van der Waals surface area (Å²) in [6.45, 7) is 3.63. The molecular formula is C20H23N5O5S. The molecule has 10 nitrogen and oxygen atoms in total. The predicted molar refractivity (Wildman–Crippen MR) is 115 cm³/mol. The van der Waals surface area contributed by atoms with E-state index in [9.17, 15) is 0 Å². The molecule has 1 aromatic carbocycles. The number of nitrogens with one attached hydrogen (secondary N) is 1. The Labute approximate surface area is 183 Å². The van der Waals surface area contributed by atoms with Gasteiger partial charge >= 0.3 is 11.9 Å². The van der Waals surface area contributed by atoms with Crippen molar-refractivity contribution in [1.29, 1.82) is 0 Å². The first kappa shape index (κ1) is 24.0. The third-order valence-corrected chi connectivity index (χ3v) is 4.82. The Bertz CT molecular complexity index is 985. The van der Waals surface area contributed by atoms with Crippen LogP contribution in [-0.2, 0) is 9.59 Å². The van der Waals surface area contributed by atoms with Crippen LogP contribution < -0.4 is 5.32 Å². The molecule has 0 atom stereocenters. The Morgan fingerprint density at radius 1 is 1.06 bits per heavy atom. The van der Waals surface area contributed by atoms with E-state index in [0.717, 1.165) is 40.1 Å². The number of aliphatic carboxylic acids is 2. The van der Waals surface area contributed by atoms with E-state index >= 15 is 0 Å². The molecule has 0 aliphatic carbocycles. The zero-order chi connectivity index (χ0) is 22.6. The number of benzene rings is 1. The number of rotatable bonds is 8. The Morgan fingerprint density at radius 2 is 1.81 bits per heavy atom. The van der Waals surface area contributed by atoms with Gasteiger partial charge in [0, 0.05) is 36.8 Å². The Kier molecular flexibility index (Phi) is 9.62. The maximum atomic E-state index is 9.10. The topological polar surface area (TPSA) is 150 Å². The average molecular weight is 446 g/mol. The molecule has 4 N–H and O–H groups in total. The van der Waals surface area contributed by atoms with Gasteiger partial charge in [0.1, 0.15) is 0 Å². The second-order valence-corrected chi connectivity index (χ2v) is 7.16. The number of carbonyl (C=O) groups is 2. The largest absolute Gasteiger partial charge is 0.473 e. The molecule has 0 spiro atoms. The van der Waals surface area contributed by atoms with E-state index in [4.69, 9.17) is 24.9 Å². The van der Waals surface area contributed by atoms with Gasteiger partial charge in [-0.3, -0.25) is 9.55 Å². The number of carboxylic acid groups (broad SMARTS) is 2. The van der Waals surface area contributed by atoms with Crippen LogP contribution in [0.4, 0.5) is 0 Å². The molecule has 0 fully saturated rings. The number of carboxylic acids is 2. The molecule has 11 heteroatoms. The van der Waals surface area contributed by atoms with E-state index in [0.29, 0.717) is 6.54 Å². The minimum atomic E-state index is -1.82. The maximum Gasteiger partial charge on any atom is 0.414 e. The lowest BCUT2D eigenvalue weighted by Gasteiger charge is -2.12. The van der Waals surface area contributed by atoms with Gasteiger partial charge in [0.25, 0.3) is 0 Å². The quantitative estimate of drug-likeness (QED) is 0.228. The Balaban J connectivity index is 0.000000501. The summed E-state index contributed by atoms with van der Waals surface area (Å²) in [7, 11) is 0. The zero-order valence-electron chi connectivity index (χ0n) is 16.8. The van der Waals surface area contributed by atoms with Gasteiger partial charge in [-0.2, -0.15) is 0 Å². The van der Waals surface area contributed by atoms with Crippen LogP contribution in [0.15, 0.2) is 53.9 Å². The molecule has 2 heterocycles. The first-order valence-electron chi connectivity index (χ1n) is 9.28. The van der Waals surface area contributed by atoms with Crippen molar-refractivity contribution in [3.05, 3.63) is 54.4 Å². The van der Waals surface area contributed by atoms with E-state index in [1.54, 1.807) is 24.2 Å². The van der Waals surface area contributed by atoms with Crippen molar-refractivity contribution in [1.82, 2.24) is 25.1 Å². The molecule has 0 amide bonds. The van der Waals surface area contributed by atoms with E-state index in [1.165, 1.54) is 0 Å². The van der Waals surface area contributed by atoms with Gasteiger partial charge in [0.15, 0.2) is 11.0 Å². The number of thioether (sulfide) groups is 1. The van der Waals surface area contributed by atoms with Crippen molar-refractivity contribution in [2.45, 2.75) is 12.1 Å². The molecule has 3 rings (SSSR count). The molecule has 0 saturated carbocycles. The van der Waals surface area contributed by atoms with Crippen molar-refractivity contribution in [3.8, 4) is 17.1 Å². The molecule has 164 valence electrons. The van der Waals surface area contributed by atoms with E-state index in [2.05, 4.69) is 44.1 Å². The smallest absolute Gasteiger partial charge is 0.414 e. The summed E-state index contributed by atoms with van der Waals surface area (Å²) in [6, 6.07) is 12.1. The minimum absolute atomic E-state index is 0.148. The summed E-state index contributed by atoms with van der Waals surface area (Å²) >= 11 is 1.64. The number of aliphatic hydroxyl groups is 1. The van der Waals surface area contributed by atoms with Gasteiger partial charge < -0.3 is 20.6 Å². The molecule has 0 radical (unpaired) electrons. The lowest BCUT2D eigenvalue weighted by atomic mass is 10.2. The first-order valence-corrected chi connectivity index (χ1v) is 10.3. The number of para-hydroxylation sites is 1. The summed E-state index contributed by atoms with van der Waals surface area (Å²) < 4.78 is 2.09.